The molecule has 0 bridgehead atoms. The predicted molar refractivity (Wildman–Crippen MR) is 48.2 cm³/mol. The second-order valence-corrected chi connectivity index (χ2v) is 4.07. The highest BCUT2D eigenvalue weighted by atomic mass is 32.1. The van der Waals surface area contributed by atoms with Crippen LogP contribution in [-0.2, 0) is 11.3 Å². The van der Waals surface area contributed by atoms with E-state index in [9.17, 15) is 9.90 Å². The first-order valence-electron chi connectivity index (χ1n) is 4.09. The normalized spacial score (nSPS) is 22.7. The maximum Gasteiger partial charge on any atom is 0.225 e. The van der Waals surface area contributed by atoms with Crippen LogP contribution in [0.3, 0.4) is 0 Å². The predicted octanol–water partition coefficient (Wildman–Crippen LogP) is 0.236. The van der Waals surface area contributed by atoms with E-state index in [4.69, 9.17) is 0 Å². The fourth-order valence-electron chi connectivity index (χ4n) is 1.41. The molecule has 1 N–H and O–H groups in total. The summed E-state index contributed by atoms with van der Waals surface area (Å²) in [5.41, 5.74) is 1.74. The summed E-state index contributed by atoms with van der Waals surface area (Å²) >= 11 is 1.53. The van der Waals surface area contributed by atoms with Gasteiger partial charge in [0.1, 0.15) is 0 Å². The van der Waals surface area contributed by atoms with Crippen LogP contribution < -0.4 is 0 Å². The Morgan fingerprint density at radius 1 is 1.77 bits per heavy atom. The van der Waals surface area contributed by atoms with E-state index in [2.05, 4.69) is 4.98 Å². The van der Waals surface area contributed by atoms with Crippen molar-refractivity contribution in [2.45, 2.75) is 19.1 Å². The molecule has 4 nitrogen and oxygen atoms in total. The van der Waals surface area contributed by atoms with Crippen LogP contribution in [0.25, 0.3) is 0 Å². The van der Waals surface area contributed by atoms with Crippen LogP contribution in [-0.4, -0.2) is 33.5 Å². The minimum atomic E-state index is -0.486. The Morgan fingerprint density at radius 2 is 2.62 bits per heavy atom. The molecule has 1 aromatic rings. The summed E-state index contributed by atoms with van der Waals surface area (Å²) < 4.78 is 0. The molecule has 1 saturated heterocycles. The van der Waals surface area contributed by atoms with Crippen molar-refractivity contribution in [2.75, 3.05) is 6.54 Å². The molecule has 13 heavy (non-hydrogen) atoms. The molecular weight excluding hydrogens is 188 g/mol. The minimum Gasteiger partial charge on any atom is -0.391 e. The Morgan fingerprint density at radius 3 is 3.15 bits per heavy atom. The highest BCUT2D eigenvalue weighted by Crippen LogP contribution is 2.16. The lowest BCUT2D eigenvalue weighted by molar-refractivity contribution is -0.128. The molecule has 1 aliphatic rings. The highest BCUT2D eigenvalue weighted by Gasteiger charge is 2.27. The van der Waals surface area contributed by atoms with Gasteiger partial charge in [0.15, 0.2) is 0 Å². The number of amides is 1. The molecule has 0 aromatic carbocycles. The molecule has 0 radical (unpaired) electrons. The number of likely N-dealkylation sites (tertiary alicyclic amines) is 1. The Labute approximate surface area is 79.8 Å². The number of β-amino-alcohol motifs (C(OH)–C–C–N with tert-alkyl or cyclic N) is 1. The van der Waals surface area contributed by atoms with Crippen LogP contribution in [0.4, 0.5) is 0 Å². The standard InChI is InChI=1S/C8H10N2O2S/c11-6-1-8(12)10(3-6)4-7-2-9-5-13-7/h2,5-6,11H,1,3-4H2. The molecule has 5 heteroatoms. The number of hydrogen-bond donors (Lipinski definition) is 1. The van der Waals surface area contributed by atoms with Gasteiger partial charge in [-0.25, -0.2) is 0 Å². The van der Waals surface area contributed by atoms with Crippen LogP contribution in [0.5, 0.6) is 0 Å². The second kappa shape index (κ2) is 3.43. The summed E-state index contributed by atoms with van der Waals surface area (Å²) in [5, 5.41) is 9.22. The first kappa shape index (κ1) is 8.65. The van der Waals surface area contributed by atoms with Crippen molar-refractivity contribution in [2.24, 2.45) is 0 Å². The number of carbonyl (C=O) groups is 1. The first-order valence-corrected chi connectivity index (χ1v) is 4.97. The van der Waals surface area contributed by atoms with Gasteiger partial charge in [-0.3, -0.25) is 9.78 Å². The third-order valence-corrected chi connectivity index (χ3v) is 2.79. The summed E-state index contributed by atoms with van der Waals surface area (Å²) in [7, 11) is 0. The summed E-state index contributed by atoms with van der Waals surface area (Å²) in [6.07, 6.45) is 1.53. The number of carbonyl (C=O) groups excluding carboxylic acids is 1. The summed E-state index contributed by atoms with van der Waals surface area (Å²) in [6, 6.07) is 0. The topological polar surface area (TPSA) is 53.4 Å². The lowest BCUT2D eigenvalue weighted by Crippen LogP contribution is -2.24. The molecule has 2 rings (SSSR count). The average molecular weight is 198 g/mol. The lowest BCUT2D eigenvalue weighted by Gasteiger charge is -2.13. The summed E-state index contributed by atoms with van der Waals surface area (Å²) in [6.45, 7) is 1.04. The van der Waals surface area contributed by atoms with Crippen LogP contribution in [0.15, 0.2) is 11.7 Å². The number of aliphatic hydroxyl groups excluding tert-OH is 1. The SMILES string of the molecule is O=C1CC(O)CN1Cc1cncs1. The minimum absolute atomic E-state index is 0.0286. The van der Waals surface area contributed by atoms with Gasteiger partial charge in [-0.15, -0.1) is 11.3 Å². The van der Waals surface area contributed by atoms with Gasteiger partial charge < -0.3 is 10.0 Å². The van der Waals surface area contributed by atoms with E-state index in [1.165, 1.54) is 11.3 Å². The number of rotatable bonds is 2. The van der Waals surface area contributed by atoms with Gasteiger partial charge in [-0.05, 0) is 0 Å². The molecular formula is C8H10N2O2S. The molecule has 0 aliphatic carbocycles. The van der Waals surface area contributed by atoms with Crippen molar-refractivity contribution in [3.05, 3.63) is 16.6 Å². The average Bonchev–Trinajstić information content (AvgIpc) is 2.63. The first-order chi connectivity index (χ1) is 6.25. The van der Waals surface area contributed by atoms with Gasteiger partial charge in [-0.2, -0.15) is 0 Å². The van der Waals surface area contributed by atoms with Crippen LogP contribution in [0, 0.1) is 0 Å². The van der Waals surface area contributed by atoms with Crippen molar-refractivity contribution < 1.29 is 9.90 Å². The zero-order valence-corrected chi connectivity index (χ0v) is 7.83. The molecule has 1 unspecified atom stereocenters. The number of thiazole rings is 1. The van der Waals surface area contributed by atoms with Crippen LogP contribution >= 0.6 is 11.3 Å². The van der Waals surface area contributed by atoms with Gasteiger partial charge in [0, 0.05) is 17.6 Å². The van der Waals surface area contributed by atoms with E-state index >= 15 is 0 Å². The summed E-state index contributed by atoms with van der Waals surface area (Å²) in [4.78, 5) is 17.9. The fourth-order valence-corrected chi connectivity index (χ4v) is 2.02. The quantitative estimate of drug-likeness (QED) is 0.740. The highest BCUT2D eigenvalue weighted by molar-refractivity contribution is 7.09. The number of aliphatic hydroxyl groups is 1. The molecule has 0 saturated carbocycles. The van der Waals surface area contributed by atoms with E-state index < -0.39 is 6.10 Å². The largest absolute Gasteiger partial charge is 0.391 e. The third-order valence-electron chi connectivity index (χ3n) is 2.02. The van der Waals surface area contributed by atoms with E-state index in [-0.39, 0.29) is 12.3 Å². The maximum absolute atomic E-state index is 11.3. The van der Waals surface area contributed by atoms with E-state index in [1.807, 2.05) is 0 Å². The van der Waals surface area contributed by atoms with E-state index in [0.29, 0.717) is 13.1 Å². The molecule has 0 spiro atoms. The zero-order chi connectivity index (χ0) is 9.26. The van der Waals surface area contributed by atoms with Crippen molar-refractivity contribution in [1.29, 1.82) is 0 Å². The van der Waals surface area contributed by atoms with Crippen LogP contribution in [0.1, 0.15) is 11.3 Å². The smallest absolute Gasteiger partial charge is 0.225 e. The van der Waals surface area contributed by atoms with Crippen molar-refractivity contribution in [1.82, 2.24) is 9.88 Å². The number of aromatic nitrogens is 1. The summed E-state index contributed by atoms with van der Waals surface area (Å²) in [5.74, 6) is 0.0286. The van der Waals surface area contributed by atoms with Gasteiger partial charge in [0.05, 0.1) is 24.6 Å². The Hall–Kier alpha value is -0.940. The van der Waals surface area contributed by atoms with Gasteiger partial charge in [0.2, 0.25) is 5.91 Å². The molecule has 1 amide bonds. The van der Waals surface area contributed by atoms with Gasteiger partial charge in [-0.1, -0.05) is 0 Å². The molecule has 2 heterocycles. The zero-order valence-electron chi connectivity index (χ0n) is 7.01. The maximum atomic E-state index is 11.3. The third kappa shape index (κ3) is 1.87. The van der Waals surface area contributed by atoms with Gasteiger partial charge in [0.25, 0.3) is 0 Å². The molecule has 1 fully saturated rings. The van der Waals surface area contributed by atoms with E-state index in [0.717, 1.165) is 4.88 Å². The van der Waals surface area contributed by atoms with Crippen molar-refractivity contribution >= 4 is 17.2 Å². The monoisotopic (exact) mass is 198 g/mol. The number of nitrogens with zero attached hydrogens (tertiary/aromatic N) is 2. The number of hydrogen-bond acceptors (Lipinski definition) is 4. The Kier molecular flexibility index (Phi) is 2.28. The Balaban J connectivity index is 1.99. The molecule has 70 valence electrons. The van der Waals surface area contributed by atoms with Crippen LogP contribution in [0.2, 0.25) is 0 Å². The second-order valence-electron chi connectivity index (χ2n) is 3.10. The molecule has 1 aliphatic heterocycles. The molecule has 1 atom stereocenters. The lowest BCUT2D eigenvalue weighted by atomic mass is 10.3. The Bertz CT molecular complexity index is 299. The molecule has 1 aromatic heterocycles. The van der Waals surface area contributed by atoms with E-state index in [1.54, 1.807) is 16.6 Å². The van der Waals surface area contributed by atoms with Gasteiger partial charge >= 0.3 is 0 Å². The fraction of sp³-hybridized carbons (Fsp3) is 0.500. The van der Waals surface area contributed by atoms with Crippen molar-refractivity contribution in [3.63, 3.8) is 0 Å². The van der Waals surface area contributed by atoms with Crippen molar-refractivity contribution in [3.8, 4) is 0 Å².